The lowest BCUT2D eigenvalue weighted by Crippen LogP contribution is -2.58. The zero-order valence-corrected chi connectivity index (χ0v) is 29.7. The molecule has 4 unspecified atom stereocenters. The van der Waals surface area contributed by atoms with E-state index in [2.05, 4.69) is 16.0 Å². The summed E-state index contributed by atoms with van der Waals surface area (Å²) in [4.78, 5) is 53.9. The van der Waals surface area contributed by atoms with Crippen molar-refractivity contribution in [3.05, 3.63) is 101 Å². The Hall–Kier alpha value is -4.97. The normalized spacial score (nSPS) is 13.7. The Labute approximate surface area is 293 Å². The summed E-state index contributed by atoms with van der Waals surface area (Å²) in [5, 5.41) is 19.3. The van der Waals surface area contributed by atoms with Crippen LogP contribution < -0.4 is 21.7 Å². The number of carbonyl (C=O) groups excluding carboxylic acids is 4. The van der Waals surface area contributed by atoms with E-state index in [9.17, 15) is 28.7 Å². The van der Waals surface area contributed by atoms with Gasteiger partial charge in [0.1, 0.15) is 24.3 Å². The van der Waals surface area contributed by atoms with Gasteiger partial charge in [0.15, 0.2) is 0 Å². The average molecular weight is 692 g/mol. The van der Waals surface area contributed by atoms with Crippen LogP contribution in [0.5, 0.6) is 5.75 Å². The highest BCUT2D eigenvalue weighted by molar-refractivity contribution is 5.86. The highest BCUT2D eigenvalue weighted by atomic mass is 19.1. The van der Waals surface area contributed by atoms with Crippen molar-refractivity contribution < 1.29 is 33.4 Å². The van der Waals surface area contributed by atoms with Crippen LogP contribution >= 0.6 is 0 Å². The molecule has 0 aliphatic rings. The molecule has 3 rings (SSSR count). The first-order valence-electron chi connectivity index (χ1n) is 16.7. The number of carbonyl (C=O) groups is 4. The SMILES string of the molecule is CCC(C(=O)NC(CNCC(N)=O)Cc1ccc(O)c(C(C)(C)C)c1)C(NC(=O)OCc1ccccc1)N(C)C(=O)C(C)c1ccc(F)cc1. The number of rotatable bonds is 16. The zero-order valence-electron chi connectivity index (χ0n) is 29.7. The number of ether oxygens (including phenoxy) is 1. The number of phenols is 1. The Morgan fingerprint density at radius 2 is 1.62 bits per heavy atom. The van der Waals surface area contributed by atoms with E-state index in [4.69, 9.17) is 10.5 Å². The van der Waals surface area contributed by atoms with Gasteiger partial charge in [0.2, 0.25) is 17.7 Å². The summed E-state index contributed by atoms with van der Waals surface area (Å²) in [6.45, 7) is 9.44. The standard InChI is InChI=1S/C38H50FN5O6/c1-7-30(35(47)42-29(21-41-22-33(40)46)19-26-13-18-32(45)31(20-26)38(3,4)5)34(43-37(49)50-23-25-11-9-8-10-12-25)44(6)36(48)24(2)27-14-16-28(39)17-15-27/h8-18,20,24,29-30,34,41,45H,7,19,21-23H2,1-6H3,(H2,40,46)(H,42,47)(H,43,49). The minimum atomic E-state index is -1.13. The van der Waals surface area contributed by atoms with Crippen molar-refractivity contribution in [1.29, 1.82) is 0 Å². The second-order valence-electron chi connectivity index (χ2n) is 13.5. The summed E-state index contributed by atoms with van der Waals surface area (Å²) in [6.07, 6.45) is -1.38. The molecule has 0 saturated heterocycles. The maximum Gasteiger partial charge on any atom is 0.409 e. The highest BCUT2D eigenvalue weighted by Crippen LogP contribution is 2.31. The van der Waals surface area contributed by atoms with Gasteiger partial charge in [-0.3, -0.25) is 14.4 Å². The van der Waals surface area contributed by atoms with Crippen LogP contribution in [0.4, 0.5) is 9.18 Å². The molecule has 4 atom stereocenters. The lowest BCUT2D eigenvalue weighted by atomic mass is 9.84. The van der Waals surface area contributed by atoms with E-state index in [1.54, 1.807) is 38.1 Å². The van der Waals surface area contributed by atoms with Crippen LogP contribution in [0, 0.1) is 11.7 Å². The van der Waals surface area contributed by atoms with Gasteiger partial charge in [0.05, 0.1) is 18.4 Å². The highest BCUT2D eigenvalue weighted by Gasteiger charge is 2.36. The molecule has 11 nitrogen and oxygen atoms in total. The Bertz CT molecular complexity index is 1600. The molecule has 12 heteroatoms. The molecule has 3 aromatic carbocycles. The molecule has 0 spiro atoms. The molecule has 0 saturated carbocycles. The molecule has 4 amide bonds. The van der Waals surface area contributed by atoms with Crippen molar-refractivity contribution in [1.82, 2.24) is 20.9 Å². The van der Waals surface area contributed by atoms with Gasteiger partial charge in [-0.2, -0.15) is 0 Å². The van der Waals surface area contributed by atoms with E-state index in [1.807, 2.05) is 45.0 Å². The second kappa shape index (κ2) is 18.1. The molecule has 270 valence electrons. The van der Waals surface area contributed by atoms with Crippen LogP contribution in [0.15, 0.2) is 72.8 Å². The number of hydrogen-bond donors (Lipinski definition) is 5. The molecule has 0 bridgehead atoms. The molecular formula is C38H50FN5O6. The van der Waals surface area contributed by atoms with Crippen LogP contribution in [0.25, 0.3) is 0 Å². The number of amides is 4. The predicted octanol–water partition coefficient (Wildman–Crippen LogP) is 4.47. The smallest absolute Gasteiger partial charge is 0.409 e. The third-order valence-electron chi connectivity index (χ3n) is 8.53. The van der Waals surface area contributed by atoms with E-state index in [0.717, 1.165) is 16.7 Å². The Morgan fingerprint density at radius 3 is 2.22 bits per heavy atom. The number of alkyl carbamates (subject to hydrolysis) is 1. The number of hydrogen-bond acceptors (Lipinski definition) is 7. The van der Waals surface area contributed by atoms with Crippen LogP contribution in [-0.4, -0.2) is 66.2 Å². The van der Waals surface area contributed by atoms with E-state index in [0.29, 0.717) is 12.0 Å². The summed E-state index contributed by atoms with van der Waals surface area (Å²) in [6, 6.07) is 19.4. The fraction of sp³-hybridized carbons (Fsp3) is 0.421. The maximum absolute atomic E-state index is 14.1. The lowest BCUT2D eigenvalue weighted by molar-refractivity contribution is -0.138. The molecule has 50 heavy (non-hydrogen) atoms. The van der Waals surface area contributed by atoms with Crippen LogP contribution in [0.2, 0.25) is 0 Å². The minimum Gasteiger partial charge on any atom is -0.508 e. The number of halogens is 1. The molecule has 0 radical (unpaired) electrons. The van der Waals surface area contributed by atoms with Gasteiger partial charge in [0.25, 0.3) is 0 Å². The Balaban J connectivity index is 1.90. The number of nitrogens with zero attached hydrogens (tertiary/aromatic N) is 1. The van der Waals surface area contributed by atoms with Gasteiger partial charge < -0.3 is 36.4 Å². The largest absolute Gasteiger partial charge is 0.508 e. The second-order valence-corrected chi connectivity index (χ2v) is 13.5. The molecule has 0 aliphatic heterocycles. The van der Waals surface area contributed by atoms with Crippen molar-refractivity contribution in [2.45, 2.75) is 77.6 Å². The van der Waals surface area contributed by atoms with Gasteiger partial charge in [-0.1, -0.05) is 82.3 Å². The summed E-state index contributed by atoms with van der Waals surface area (Å²) in [5.74, 6) is -3.34. The van der Waals surface area contributed by atoms with Crippen LogP contribution in [0.3, 0.4) is 0 Å². The van der Waals surface area contributed by atoms with Crippen molar-refractivity contribution in [2.75, 3.05) is 20.1 Å². The number of phenolic OH excluding ortho intramolecular Hbond substituents is 1. The van der Waals surface area contributed by atoms with Gasteiger partial charge in [-0.15, -0.1) is 0 Å². The number of primary amides is 1. The fourth-order valence-corrected chi connectivity index (χ4v) is 5.69. The monoisotopic (exact) mass is 691 g/mol. The summed E-state index contributed by atoms with van der Waals surface area (Å²) in [7, 11) is 1.50. The van der Waals surface area contributed by atoms with Gasteiger partial charge in [-0.05, 0) is 65.6 Å². The molecule has 0 heterocycles. The maximum atomic E-state index is 14.1. The van der Waals surface area contributed by atoms with Crippen molar-refractivity contribution in [2.24, 2.45) is 11.7 Å². The quantitative estimate of drug-likeness (QED) is 0.138. The topological polar surface area (TPSA) is 163 Å². The zero-order chi connectivity index (χ0) is 37.0. The molecular weight excluding hydrogens is 641 g/mol. The van der Waals surface area contributed by atoms with Crippen LogP contribution in [0.1, 0.15) is 69.2 Å². The van der Waals surface area contributed by atoms with Crippen molar-refractivity contribution in [3.8, 4) is 5.75 Å². The third kappa shape index (κ3) is 11.6. The fourth-order valence-electron chi connectivity index (χ4n) is 5.69. The first kappa shape index (κ1) is 39.5. The van der Waals surface area contributed by atoms with Crippen LogP contribution in [-0.2, 0) is 37.6 Å². The van der Waals surface area contributed by atoms with E-state index >= 15 is 0 Å². The predicted molar refractivity (Wildman–Crippen MR) is 189 cm³/mol. The number of nitrogens with two attached hydrogens (primary N) is 1. The van der Waals surface area contributed by atoms with E-state index in [1.165, 1.54) is 36.2 Å². The third-order valence-corrected chi connectivity index (χ3v) is 8.53. The van der Waals surface area contributed by atoms with Gasteiger partial charge in [-0.25, -0.2) is 9.18 Å². The van der Waals surface area contributed by atoms with Crippen molar-refractivity contribution >= 4 is 23.8 Å². The molecule has 6 N–H and O–H groups in total. The Kier molecular flexibility index (Phi) is 14.3. The van der Waals surface area contributed by atoms with Crippen molar-refractivity contribution in [3.63, 3.8) is 0 Å². The first-order valence-corrected chi connectivity index (χ1v) is 16.7. The lowest BCUT2D eigenvalue weighted by Gasteiger charge is -2.36. The number of nitrogens with one attached hydrogen (secondary N) is 3. The minimum absolute atomic E-state index is 0.0250. The number of benzene rings is 3. The molecule has 3 aromatic rings. The Morgan fingerprint density at radius 1 is 0.960 bits per heavy atom. The summed E-state index contributed by atoms with van der Waals surface area (Å²) >= 11 is 0. The van der Waals surface area contributed by atoms with Gasteiger partial charge in [0, 0.05) is 19.6 Å². The number of aromatic hydroxyl groups is 1. The summed E-state index contributed by atoms with van der Waals surface area (Å²) in [5.41, 5.74) is 7.91. The molecule has 0 fully saturated rings. The average Bonchev–Trinajstić information content (AvgIpc) is 3.07. The molecule has 0 aromatic heterocycles. The van der Waals surface area contributed by atoms with Gasteiger partial charge >= 0.3 is 6.09 Å². The first-order chi connectivity index (χ1) is 23.6. The number of likely N-dealkylation sites (N-methyl/N-ethyl adjacent to an activating group) is 1. The van der Waals surface area contributed by atoms with E-state index < -0.39 is 53.7 Å². The molecule has 0 aliphatic carbocycles. The summed E-state index contributed by atoms with van der Waals surface area (Å²) < 4.78 is 19.1. The van der Waals surface area contributed by atoms with E-state index in [-0.39, 0.29) is 37.3 Å².